The molecule has 34 heavy (non-hydrogen) atoms. The monoisotopic (exact) mass is 501 g/mol. The number of hydrogen-bond donors (Lipinski definition) is 1. The quantitative estimate of drug-likeness (QED) is 0.304. The number of benzene rings is 1. The van der Waals surface area contributed by atoms with Gasteiger partial charge in [0.25, 0.3) is 5.91 Å². The molecule has 0 saturated carbocycles. The number of amides is 2. The minimum Gasteiger partial charge on any atom is -0.385 e. The molecule has 2 saturated heterocycles. The second kappa shape index (κ2) is 11.5. The third kappa shape index (κ3) is 5.54. The van der Waals surface area contributed by atoms with Gasteiger partial charge >= 0.3 is 0 Å². The molecule has 1 N–H and O–H groups in total. The third-order valence-electron chi connectivity index (χ3n) is 6.13. The summed E-state index contributed by atoms with van der Waals surface area (Å²) in [6.07, 6.45) is 7.52. The number of nitrogens with zero attached hydrogens (tertiary/aromatic N) is 2. The van der Waals surface area contributed by atoms with E-state index in [-0.39, 0.29) is 24.5 Å². The first-order valence-corrected chi connectivity index (χ1v) is 13.0. The van der Waals surface area contributed by atoms with Crippen molar-refractivity contribution in [1.29, 1.82) is 0 Å². The number of methoxy groups -OCH3 is 1. The molecule has 0 aliphatic carbocycles. The predicted molar refractivity (Wildman–Crippen MR) is 140 cm³/mol. The Balaban J connectivity index is 1.59. The van der Waals surface area contributed by atoms with Crippen LogP contribution in [-0.2, 0) is 32.0 Å². The number of carbonyl (C=O) groups is 2. The third-order valence-corrected chi connectivity index (χ3v) is 7.50. The van der Waals surface area contributed by atoms with E-state index in [9.17, 15) is 9.59 Å². The van der Waals surface area contributed by atoms with Gasteiger partial charge in [0.1, 0.15) is 10.9 Å². The van der Waals surface area contributed by atoms with Gasteiger partial charge in [0.05, 0.1) is 23.1 Å². The van der Waals surface area contributed by atoms with Gasteiger partial charge in [-0.2, -0.15) is 0 Å². The zero-order valence-corrected chi connectivity index (χ0v) is 21.3. The fourth-order valence-electron chi connectivity index (χ4n) is 4.44. The highest BCUT2D eigenvalue weighted by Crippen LogP contribution is 2.35. The predicted octanol–water partition coefficient (Wildman–Crippen LogP) is 3.74. The van der Waals surface area contributed by atoms with Gasteiger partial charge in [0.2, 0.25) is 5.91 Å². The molecule has 0 bridgehead atoms. The van der Waals surface area contributed by atoms with Gasteiger partial charge in [0.15, 0.2) is 0 Å². The average Bonchev–Trinajstić information content (AvgIpc) is 3.53. The lowest BCUT2D eigenvalue weighted by Crippen LogP contribution is -2.35. The van der Waals surface area contributed by atoms with Crippen molar-refractivity contribution in [2.75, 3.05) is 33.4 Å². The number of carbonyl (C=O) groups excluding carboxylic acids is 2. The second-order valence-electron chi connectivity index (χ2n) is 8.50. The molecule has 1 aromatic heterocycles. The van der Waals surface area contributed by atoms with Gasteiger partial charge in [-0.1, -0.05) is 49.1 Å². The summed E-state index contributed by atoms with van der Waals surface area (Å²) < 4.78 is 13.3. The van der Waals surface area contributed by atoms with Crippen molar-refractivity contribution in [3.8, 4) is 0 Å². The van der Waals surface area contributed by atoms with Crippen molar-refractivity contribution < 1.29 is 19.1 Å². The first-order valence-electron chi connectivity index (χ1n) is 11.7. The van der Waals surface area contributed by atoms with E-state index in [0.29, 0.717) is 28.9 Å². The Kier molecular flexibility index (Phi) is 8.41. The second-order valence-corrected chi connectivity index (χ2v) is 10.2. The molecular weight excluding hydrogens is 470 g/mol. The van der Waals surface area contributed by atoms with E-state index in [1.807, 2.05) is 29.0 Å². The standard InChI is InChI=1S/C25H31N3O4S2/c1-3-17-7-4-9-20-18(14-27(23(17)20)16-22(29)26-10-6-11-31-2)13-21-24(30)28(25(33)34-21)15-19-8-5-12-32-19/h4,7,9,13-14,19H,3,5-6,8,10-12,15-16H2,1-2H3,(H,26,29)/b21-13-/t19-/m0/s1. The van der Waals surface area contributed by atoms with Gasteiger partial charge in [-0.05, 0) is 37.3 Å². The molecule has 4 rings (SSSR count). The SMILES string of the molecule is CCc1cccc2c(/C=C3\SC(=S)N(C[C@@H]4CCCO4)C3=O)cn(CC(=O)NCCCOC)c12. The largest absolute Gasteiger partial charge is 0.385 e. The molecule has 9 heteroatoms. The molecule has 1 atom stereocenters. The zero-order chi connectivity index (χ0) is 24.1. The Hall–Kier alpha value is -2.20. The Morgan fingerprint density at radius 2 is 2.26 bits per heavy atom. The minimum atomic E-state index is -0.0751. The van der Waals surface area contributed by atoms with Crippen molar-refractivity contribution in [2.45, 2.75) is 45.3 Å². The summed E-state index contributed by atoms with van der Waals surface area (Å²) in [5.41, 5.74) is 3.10. The number of fused-ring (bicyclic) bond motifs is 1. The lowest BCUT2D eigenvalue weighted by atomic mass is 10.1. The first-order chi connectivity index (χ1) is 16.5. The Morgan fingerprint density at radius 1 is 1.41 bits per heavy atom. The maximum Gasteiger partial charge on any atom is 0.266 e. The van der Waals surface area contributed by atoms with E-state index in [1.165, 1.54) is 11.8 Å². The molecule has 2 aliphatic rings. The fourth-order valence-corrected chi connectivity index (χ4v) is 5.70. The smallest absolute Gasteiger partial charge is 0.266 e. The van der Waals surface area contributed by atoms with E-state index in [2.05, 4.69) is 18.3 Å². The number of aromatic nitrogens is 1. The number of ether oxygens (including phenoxy) is 2. The summed E-state index contributed by atoms with van der Waals surface area (Å²) in [6, 6.07) is 6.15. The van der Waals surface area contributed by atoms with Crippen LogP contribution < -0.4 is 5.32 Å². The van der Waals surface area contributed by atoms with Crippen LogP contribution in [-0.4, -0.2) is 65.1 Å². The van der Waals surface area contributed by atoms with Crippen LogP contribution in [0.4, 0.5) is 0 Å². The minimum absolute atomic E-state index is 0.0478. The van der Waals surface area contributed by atoms with Crippen LogP contribution in [0.5, 0.6) is 0 Å². The molecule has 0 spiro atoms. The molecule has 0 radical (unpaired) electrons. The van der Waals surface area contributed by atoms with Crippen molar-refractivity contribution in [2.24, 2.45) is 0 Å². The summed E-state index contributed by atoms with van der Waals surface area (Å²) in [4.78, 5) is 28.0. The van der Waals surface area contributed by atoms with E-state index in [1.54, 1.807) is 12.0 Å². The summed E-state index contributed by atoms with van der Waals surface area (Å²) >= 11 is 6.84. The zero-order valence-electron chi connectivity index (χ0n) is 19.7. The molecule has 7 nitrogen and oxygen atoms in total. The highest BCUT2D eigenvalue weighted by atomic mass is 32.2. The van der Waals surface area contributed by atoms with E-state index >= 15 is 0 Å². The molecule has 2 amide bonds. The topological polar surface area (TPSA) is 72.8 Å². The van der Waals surface area contributed by atoms with Crippen molar-refractivity contribution in [3.05, 3.63) is 40.4 Å². The van der Waals surface area contributed by atoms with Crippen LogP contribution in [0.15, 0.2) is 29.3 Å². The van der Waals surface area contributed by atoms with E-state index in [4.69, 9.17) is 21.7 Å². The molecule has 3 heterocycles. The Morgan fingerprint density at radius 3 is 3.00 bits per heavy atom. The van der Waals surface area contributed by atoms with Crippen molar-refractivity contribution >= 4 is 57.1 Å². The van der Waals surface area contributed by atoms with Crippen LogP contribution in [0.2, 0.25) is 0 Å². The molecule has 2 aromatic rings. The fraction of sp³-hybridized carbons (Fsp3) is 0.480. The summed E-state index contributed by atoms with van der Waals surface area (Å²) in [5.74, 6) is -0.123. The summed E-state index contributed by atoms with van der Waals surface area (Å²) in [6.45, 7) is 4.76. The number of thiocarbonyl (C=S) groups is 1. The molecule has 0 unspecified atom stereocenters. The Bertz CT molecular complexity index is 1110. The lowest BCUT2D eigenvalue weighted by Gasteiger charge is -2.18. The van der Waals surface area contributed by atoms with Crippen LogP contribution in [0.1, 0.15) is 37.3 Å². The lowest BCUT2D eigenvalue weighted by molar-refractivity contribution is -0.123. The first kappa shape index (κ1) is 24.9. The van der Waals surface area contributed by atoms with Crippen molar-refractivity contribution in [3.63, 3.8) is 0 Å². The molecule has 182 valence electrons. The number of para-hydroxylation sites is 1. The summed E-state index contributed by atoms with van der Waals surface area (Å²) in [7, 11) is 1.65. The van der Waals surface area contributed by atoms with Gasteiger partial charge in [0, 0.05) is 44.0 Å². The molecule has 1 aromatic carbocycles. The Labute approximate surface area is 209 Å². The van der Waals surface area contributed by atoms with Crippen LogP contribution in [0.3, 0.4) is 0 Å². The highest BCUT2D eigenvalue weighted by Gasteiger charge is 2.34. The van der Waals surface area contributed by atoms with Crippen LogP contribution >= 0.6 is 24.0 Å². The van der Waals surface area contributed by atoms with E-state index < -0.39 is 0 Å². The van der Waals surface area contributed by atoms with Gasteiger partial charge in [-0.3, -0.25) is 14.5 Å². The molecule has 2 fully saturated rings. The number of rotatable bonds is 10. The molecular formula is C25H31N3O4S2. The number of aryl methyl sites for hydroxylation is 1. The highest BCUT2D eigenvalue weighted by molar-refractivity contribution is 8.26. The number of hydrogen-bond acceptors (Lipinski definition) is 6. The summed E-state index contributed by atoms with van der Waals surface area (Å²) in [5, 5.41) is 3.98. The van der Waals surface area contributed by atoms with Crippen LogP contribution in [0.25, 0.3) is 17.0 Å². The number of thioether (sulfide) groups is 1. The van der Waals surface area contributed by atoms with Gasteiger partial charge < -0.3 is 19.4 Å². The van der Waals surface area contributed by atoms with Crippen LogP contribution in [0, 0.1) is 0 Å². The number of nitrogens with one attached hydrogen (secondary N) is 1. The van der Waals surface area contributed by atoms with Gasteiger partial charge in [-0.25, -0.2) is 0 Å². The maximum atomic E-state index is 13.1. The van der Waals surface area contributed by atoms with E-state index in [0.717, 1.165) is 54.3 Å². The van der Waals surface area contributed by atoms with Crippen molar-refractivity contribution in [1.82, 2.24) is 14.8 Å². The maximum absolute atomic E-state index is 13.1. The normalized spacial score (nSPS) is 19.6. The average molecular weight is 502 g/mol. The molecule has 2 aliphatic heterocycles. The van der Waals surface area contributed by atoms with Gasteiger partial charge in [-0.15, -0.1) is 0 Å².